The first-order valence-corrected chi connectivity index (χ1v) is 9.98. The molecule has 0 saturated heterocycles. The monoisotopic (exact) mass is 383 g/mol. The van der Waals surface area contributed by atoms with Gasteiger partial charge in [0.25, 0.3) is 5.91 Å². The fraction of sp³-hybridized carbons (Fsp3) is 0.238. The summed E-state index contributed by atoms with van der Waals surface area (Å²) in [6, 6.07) is 16.9. The smallest absolute Gasteiger partial charge is 0.252 e. The summed E-state index contributed by atoms with van der Waals surface area (Å²) >= 11 is 7.26. The lowest BCUT2D eigenvalue weighted by Gasteiger charge is -2.37. The van der Waals surface area contributed by atoms with Gasteiger partial charge in [-0.15, -0.1) is 11.8 Å². The zero-order valence-electron chi connectivity index (χ0n) is 14.2. The molecule has 0 radical (unpaired) electrons. The predicted molar refractivity (Wildman–Crippen MR) is 106 cm³/mol. The van der Waals surface area contributed by atoms with E-state index >= 15 is 0 Å². The molecule has 26 heavy (non-hydrogen) atoms. The van der Waals surface area contributed by atoms with Gasteiger partial charge >= 0.3 is 0 Å². The van der Waals surface area contributed by atoms with E-state index in [0.29, 0.717) is 5.02 Å². The summed E-state index contributed by atoms with van der Waals surface area (Å²) < 4.78 is 0. The highest BCUT2D eigenvalue weighted by atomic mass is 35.5. The number of amides is 1. The highest BCUT2D eigenvalue weighted by Crippen LogP contribution is 2.40. The number of ketones is 1. The van der Waals surface area contributed by atoms with Gasteiger partial charge in [0, 0.05) is 26.9 Å². The van der Waals surface area contributed by atoms with E-state index in [2.05, 4.69) is 0 Å². The number of allylic oxidation sites excluding steroid dienone is 2. The lowest BCUT2D eigenvalue weighted by Crippen LogP contribution is -2.47. The Balaban J connectivity index is 1.74. The molecule has 0 N–H and O–H groups in total. The quantitative estimate of drug-likeness (QED) is 0.680. The van der Waals surface area contributed by atoms with Crippen LogP contribution >= 0.6 is 23.4 Å². The van der Waals surface area contributed by atoms with Crippen LogP contribution in [0.2, 0.25) is 5.02 Å². The Morgan fingerprint density at radius 1 is 0.923 bits per heavy atom. The zero-order chi connectivity index (χ0) is 18.1. The van der Waals surface area contributed by atoms with Gasteiger partial charge in [0.15, 0.2) is 11.0 Å². The molecule has 2 aromatic rings. The average molecular weight is 384 g/mol. The summed E-state index contributed by atoms with van der Waals surface area (Å²) in [7, 11) is 0. The van der Waals surface area contributed by atoms with E-state index < -0.39 is 5.25 Å². The van der Waals surface area contributed by atoms with Crippen LogP contribution in [0.25, 0.3) is 0 Å². The molecular formula is C21H18ClNO2S. The van der Waals surface area contributed by atoms with Crippen molar-refractivity contribution in [3.05, 3.63) is 70.9 Å². The highest BCUT2D eigenvalue weighted by molar-refractivity contribution is 8.01. The molecule has 0 fully saturated rings. The van der Waals surface area contributed by atoms with E-state index in [1.165, 1.54) is 11.8 Å². The second-order valence-corrected chi connectivity index (χ2v) is 8.07. The van der Waals surface area contributed by atoms with Crippen LogP contribution in [0.3, 0.4) is 0 Å². The van der Waals surface area contributed by atoms with E-state index in [-0.39, 0.29) is 11.7 Å². The van der Waals surface area contributed by atoms with Gasteiger partial charge in [-0.3, -0.25) is 14.5 Å². The summed E-state index contributed by atoms with van der Waals surface area (Å²) in [6.07, 6.45) is 3.54. The maximum atomic E-state index is 13.3. The van der Waals surface area contributed by atoms with Crippen molar-refractivity contribution in [3.63, 3.8) is 0 Å². The summed E-state index contributed by atoms with van der Waals surface area (Å²) in [5.74, 6) is -0.182. The minimum absolute atomic E-state index is 0.0307. The number of carbonyl (C=O) groups is 2. The summed E-state index contributed by atoms with van der Waals surface area (Å²) in [6.45, 7) is 0. The maximum absolute atomic E-state index is 13.3. The van der Waals surface area contributed by atoms with Crippen molar-refractivity contribution < 1.29 is 9.59 Å². The van der Waals surface area contributed by atoms with E-state index in [9.17, 15) is 9.59 Å². The van der Waals surface area contributed by atoms with Gasteiger partial charge in [0.2, 0.25) is 0 Å². The zero-order valence-corrected chi connectivity index (χ0v) is 15.7. The van der Waals surface area contributed by atoms with Crippen LogP contribution in [0.5, 0.6) is 0 Å². The molecule has 2 aliphatic rings. The molecule has 1 unspecified atom stereocenters. The first kappa shape index (κ1) is 17.4. The minimum Gasteiger partial charge on any atom is -0.293 e. The van der Waals surface area contributed by atoms with Crippen molar-refractivity contribution in [1.82, 2.24) is 0 Å². The number of rotatable bonds is 3. The van der Waals surface area contributed by atoms with E-state index in [4.69, 9.17) is 11.6 Å². The van der Waals surface area contributed by atoms with Crippen molar-refractivity contribution in [2.75, 3.05) is 4.90 Å². The van der Waals surface area contributed by atoms with E-state index in [1.54, 1.807) is 17.0 Å². The molecule has 3 nitrogen and oxygen atoms in total. The van der Waals surface area contributed by atoms with Crippen molar-refractivity contribution in [2.45, 2.75) is 35.8 Å². The lowest BCUT2D eigenvalue weighted by atomic mass is 9.87. The number of anilines is 1. The molecule has 1 heterocycles. The SMILES string of the molecule is O=C1C2=C(CCCC2)N(c2ccccc2)C(=O)C1Sc1ccc(Cl)cc1. The second-order valence-electron chi connectivity index (χ2n) is 6.46. The van der Waals surface area contributed by atoms with Crippen LogP contribution in [-0.4, -0.2) is 16.9 Å². The number of para-hydroxylation sites is 1. The molecule has 0 saturated carbocycles. The first-order valence-electron chi connectivity index (χ1n) is 8.72. The van der Waals surface area contributed by atoms with Gasteiger partial charge in [-0.25, -0.2) is 0 Å². The Kier molecular flexibility index (Phi) is 4.88. The van der Waals surface area contributed by atoms with Crippen LogP contribution in [0.4, 0.5) is 5.69 Å². The predicted octanol–water partition coefficient (Wildman–Crippen LogP) is 5.24. The van der Waals surface area contributed by atoms with Crippen molar-refractivity contribution in [3.8, 4) is 0 Å². The van der Waals surface area contributed by atoms with Crippen molar-refractivity contribution in [1.29, 1.82) is 0 Å². The molecule has 1 atom stereocenters. The van der Waals surface area contributed by atoms with Gasteiger partial charge in [-0.05, 0) is 62.1 Å². The largest absolute Gasteiger partial charge is 0.293 e. The van der Waals surface area contributed by atoms with Gasteiger partial charge in [0.05, 0.1) is 0 Å². The van der Waals surface area contributed by atoms with Crippen molar-refractivity contribution >= 4 is 40.7 Å². The van der Waals surface area contributed by atoms with Crippen molar-refractivity contribution in [2.24, 2.45) is 0 Å². The van der Waals surface area contributed by atoms with E-state index in [0.717, 1.165) is 47.5 Å². The number of carbonyl (C=O) groups excluding carboxylic acids is 2. The number of hydrogen-bond acceptors (Lipinski definition) is 3. The summed E-state index contributed by atoms with van der Waals surface area (Å²) in [4.78, 5) is 29.0. The van der Waals surface area contributed by atoms with Crippen LogP contribution in [-0.2, 0) is 9.59 Å². The number of hydrogen-bond donors (Lipinski definition) is 0. The molecule has 4 rings (SSSR count). The molecular weight excluding hydrogens is 366 g/mol. The summed E-state index contributed by atoms with van der Waals surface area (Å²) in [5.41, 5.74) is 2.55. The lowest BCUT2D eigenvalue weighted by molar-refractivity contribution is -0.125. The van der Waals surface area contributed by atoms with Crippen LogP contribution in [0.1, 0.15) is 25.7 Å². The Morgan fingerprint density at radius 2 is 1.62 bits per heavy atom. The Hall–Kier alpha value is -2.04. The molecule has 0 aromatic heterocycles. The molecule has 132 valence electrons. The van der Waals surface area contributed by atoms with Crippen LogP contribution in [0, 0.1) is 0 Å². The fourth-order valence-corrected chi connectivity index (χ4v) is 4.68. The van der Waals surface area contributed by atoms with Gasteiger partial charge in [0.1, 0.15) is 0 Å². The Labute approximate surface area is 162 Å². The average Bonchev–Trinajstić information content (AvgIpc) is 2.68. The molecule has 1 aliphatic carbocycles. The molecule has 5 heteroatoms. The number of benzene rings is 2. The van der Waals surface area contributed by atoms with Gasteiger partial charge in [-0.2, -0.15) is 0 Å². The van der Waals surface area contributed by atoms with Crippen LogP contribution < -0.4 is 4.90 Å². The maximum Gasteiger partial charge on any atom is 0.252 e. The highest BCUT2D eigenvalue weighted by Gasteiger charge is 2.42. The third kappa shape index (κ3) is 3.19. The molecule has 1 amide bonds. The minimum atomic E-state index is -0.742. The third-order valence-corrected chi connectivity index (χ3v) is 6.22. The Morgan fingerprint density at radius 3 is 2.35 bits per heavy atom. The number of nitrogens with zero attached hydrogens (tertiary/aromatic N) is 1. The topological polar surface area (TPSA) is 37.4 Å². The fourth-order valence-electron chi connectivity index (χ4n) is 3.54. The second kappa shape index (κ2) is 7.29. The first-order chi connectivity index (χ1) is 12.6. The van der Waals surface area contributed by atoms with E-state index in [1.807, 2.05) is 42.5 Å². The van der Waals surface area contributed by atoms with Gasteiger partial charge in [-0.1, -0.05) is 29.8 Å². The number of halogens is 1. The molecule has 2 aromatic carbocycles. The number of thioether (sulfide) groups is 1. The molecule has 1 aliphatic heterocycles. The van der Waals surface area contributed by atoms with Gasteiger partial charge < -0.3 is 0 Å². The Bertz CT molecular complexity index is 877. The van der Waals surface area contributed by atoms with Crippen LogP contribution in [0.15, 0.2) is 70.8 Å². The number of Topliss-reactive ketones (excluding diaryl/α,β-unsaturated/α-hetero) is 1. The third-order valence-electron chi connectivity index (χ3n) is 4.77. The molecule has 0 spiro atoms. The summed E-state index contributed by atoms with van der Waals surface area (Å²) in [5, 5.41) is -0.105. The standard InChI is InChI=1S/C21H18ClNO2S/c22-14-10-12-16(13-11-14)26-20-19(24)17-8-4-5-9-18(17)23(21(20)25)15-6-2-1-3-7-15/h1-3,6-7,10-13,20H,4-5,8-9H2. The molecule has 0 bridgehead atoms. The normalized spacial score (nSPS) is 20.3.